The molecule has 0 amide bonds. The Morgan fingerprint density at radius 3 is 2.80 bits per heavy atom. The third-order valence-electron chi connectivity index (χ3n) is 2.17. The molecule has 0 heterocycles. The smallest absolute Gasteiger partial charge is 0.0616 e. The Morgan fingerprint density at radius 2 is 2.13 bits per heavy atom. The van der Waals surface area contributed by atoms with Crippen LogP contribution in [0.4, 0.5) is 0 Å². The second-order valence-corrected chi connectivity index (χ2v) is 4.39. The Hall–Kier alpha value is -0.380. The fourth-order valence-corrected chi connectivity index (χ4v) is 1.70. The summed E-state index contributed by atoms with van der Waals surface area (Å²) < 4.78 is 6.49. The van der Waals surface area contributed by atoms with Crippen molar-refractivity contribution in [3.8, 4) is 0 Å². The lowest BCUT2D eigenvalue weighted by Gasteiger charge is -2.14. The van der Waals surface area contributed by atoms with E-state index in [0.717, 1.165) is 24.2 Å². The summed E-state index contributed by atoms with van der Waals surface area (Å²) in [7, 11) is 0. The van der Waals surface area contributed by atoms with Gasteiger partial charge < -0.3 is 10.1 Å². The molecule has 0 bridgehead atoms. The highest BCUT2D eigenvalue weighted by Gasteiger charge is 2.02. The van der Waals surface area contributed by atoms with Gasteiger partial charge in [-0.15, -0.1) is 0 Å². The maximum Gasteiger partial charge on any atom is 0.0616 e. The predicted octanol–water partition coefficient (Wildman–Crippen LogP) is 2.96. The Balaban J connectivity index is 2.33. The van der Waals surface area contributed by atoms with Crippen LogP contribution in [-0.4, -0.2) is 19.3 Å². The summed E-state index contributed by atoms with van der Waals surface area (Å²) in [6.07, 6.45) is 0. The highest BCUT2D eigenvalue weighted by molar-refractivity contribution is 9.10. The fraction of sp³-hybridized carbons (Fsp3) is 0.500. The third-order valence-corrected chi connectivity index (χ3v) is 2.94. The van der Waals surface area contributed by atoms with Gasteiger partial charge in [0.15, 0.2) is 0 Å². The monoisotopic (exact) mass is 271 g/mol. The first-order chi connectivity index (χ1) is 7.24. The maximum atomic E-state index is 5.34. The van der Waals surface area contributed by atoms with Gasteiger partial charge in [0.05, 0.1) is 6.61 Å². The maximum absolute atomic E-state index is 5.34. The summed E-state index contributed by atoms with van der Waals surface area (Å²) in [5, 5.41) is 3.42. The van der Waals surface area contributed by atoms with Gasteiger partial charge in [-0.25, -0.2) is 0 Å². The normalized spacial score (nSPS) is 12.7. The van der Waals surface area contributed by atoms with Gasteiger partial charge in [0.25, 0.3) is 0 Å². The molecule has 1 atom stereocenters. The van der Waals surface area contributed by atoms with Crippen molar-refractivity contribution in [1.29, 1.82) is 0 Å². The minimum Gasteiger partial charge on any atom is -0.380 e. The second-order valence-electron chi connectivity index (χ2n) is 3.53. The molecule has 0 aliphatic carbocycles. The van der Waals surface area contributed by atoms with Gasteiger partial charge in [-0.05, 0) is 25.5 Å². The van der Waals surface area contributed by atoms with Crippen LogP contribution in [-0.2, 0) is 11.3 Å². The van der Waals surface area contributed by atoms with Crippen LogP contribution in [0.5, 0.6) is 0 Å². The molecule has 1 aromatic rings. The number of rotatable bonds is 6. The van der Waals surface area contributed by atoms with Crippen molar-refractivity contribution >= 4 is 15.9 Å². The molecule has 2 nitrogen and oxygen atoms in total. The van der Waals surface area contributed by atoms with E-state index < -0.39 is 0 Å². The van der Waals surface area contributed by atoms with Crippen LogP contribution in [0.25, 0.3) is 0 Å². The van der Waals surface area contributed by atoms with E-state index in [-0.39, 0.29) is 0 Å². The highest BCUT2D eigenvalue weighted by atomic mass is 79.9. The van der Waals surface area contributed by atoms with Crippen LogP contribution in [0.1, 0.15) is 19.4 Å². The molecule has 0 radical (unpaired) electrons. The van der Waals surface area contributed by atoms with E-state index in [9.17, 15) is 0 Å². The molecule has 1 rings (SSSR count). The van der Waals surface area contributed by atoms with E-state index in [1.54, 1.807) is 0 Å². The molecule has 1 N–H and O–H groups in total. The fourth-order valence-electron chi connectivity index (χ4n) is 1.28. The molecule has 1 unspecified atom stereocenters. The van der Waals surface area contributed by atoms with Gasteiger partial charge >= 0.3 is 0 Å². The standard InChI is InChI=1S/C12H18BrNO/c1-3-15-9-10(2)14-8-11-6-4-5-7-12(11)13/h4-7,10,14H,3,8-9H2,1-2H3. The molecule has 15 heavy (non-hydrogen) atoms. The van der Waals surface area contributed by atoms with Crippen molar-refractivity contribution < 1.29 is 4.74 Å². The third kappa shape index (κ3) is 4.78. The van der Waals surface area contributed by atoms with E-state index in [2.05, 4.69) is 46.4 Å². The molecule has 1 aromatic carbocycles. The molecular weight excluding hydrogens is 254 g/mol. The van der Waals surface area contributed by atoms with E-state index in [0.29, 0.717) is 6.04 Å². The lowest BCUT2D eigenvalue weighted by molar-refractivity contribution is 0.127. The summed E-state index contributed by atoms with van der Waals surface area (Å²) in [4.78, 5) is 0. The number of nitrogens with one attached hydrogen (secondary N) is 1. The number of hydrogen-bond donors (Lipinski definition) is 1. The molecule has 0 saturated carbocycles. The minimum atomic E-state index is 0.386. The van der Waals surface area contributed by atoms with Gasteiger partial charge in [0.2, 0.25) is 0 Å². The topological polar surface area (TPSA) is 21.3 Å². The Labute approximate surface area is 100 Å². The molecule has 0 aromatic heterocycles. The van der Waals surface area contributed by atoms with E-state index >= 15 is 0 Å². The van der Waals surface area contributed by atoms with Crippen LogP contribution in [0.15, 0.2) is 28.7 Å². The first-order valence-electron chi connectivity index (χ1n) is 5.28. The summed E-state index contributed by atoms with van der Waals surface area (Å²) in [5.41, 5.74) is 1.28. The zero-order chi connectivity index (χ0) is 11.1. The van der Waals surface area contributed by atoms with Crippen molar-refractivity contribution in [3.05, 3.63) is 34.3 Å². The summed E-state index contributed by atoms with van der Waals surface area (Å²) in [5.74, 6) is 0. The first-order valence-corrected chi connectivity index (χ1v) is 6.08. The number of benzene rings is 1. The summed E-state index contributed by atoms with van der Waals surface area (Å²) in [6.45, 7) is 6.56. The van der Waals surface area contributed by atoms with Gasteiger partial charge in [-0.2, -0.15) is 0 Å². The molecule has 3 heteroatoms. The van der Waals surface area contributed by atoms with Gasteiger partial charge in [0, 0.05) is 23.7 Å². The van der Waals surface area contributed by atoms with E-state index in [1.807, 2.05) is 13.0 Å². The molecule has 0 saturated heterocycles. The van der Waals surface area contributed by atoms with E-state index in [1.165, 1.54) is 5.56 Å². The first kappa shape index (κ1) is 12.7. The lowest BCUT2D eigenvalue weighted by atomic mass is 10.2. The molecular formula is C12H18BrNO. The summed E-state index contributed by atoms with van der Waals surface area (Å²) in [6, 6.07) is 8.64. The van der Waals surface area contributed by atoms with Crippen molar-refractivity contribution in [1.82, 2.24) is 5.32 Å². The van der Waals surface area contributed by atoms with Crippen molar-refractivity contribution in [2.24, 2.45) is 0 Å². The number of halogens is 1. The van der Waals surface area contributed by atoms with E-state index in [4.69, 9.17) is 4.74 Å². The number of hydrogen-bond acceptors (Lipinski definition) is 2. The van der Waals surface area contributed by atoms with Crippen molar-refractivity contribution in [2.75, 3.05) is 13.2 Å². The van der Waals surface area contributed by atoms with Gasteiger partial charge in [0.1, 0.15) is 0 Å². The van der Waals surface area contributed by atoms with Gasteiger partial charge in [-0.1, -0.05) is 34.1 Å². The van der Waals surface area contributed by atoms with Crippen LogP contribution < -0.4 is 5.32 Å². The summed E-state index contributed by atoms with van der Waals surface area (Å²) >= 11 is 3.53. The minimum absolute atomic E-state index is 0.386. The molecule has 0 spiro atoms. The van der Waals surface area contributed by atoms with Crippen LogP contribution in [0.2, 0.25) is 0 Å². The Kier molecular flexibility index (Phi) is 5.91. The molecule has 0 fully saturated rings. The predicted molar refractivity (Wildman–Crippen MR) is 66.9 cm³/mol. The highest BCUT2D eigenvalue weighted by Crippen LogP contribution is 2.15. The Morgan fingerprint density at radius 1 is 1.40 bits per heavy atom. The quantitative estimate of drug-likeness (QED) is 0.859. The average molecular weight is 272 g/mol. The zero-order valence-corrected chi connectivity index (χ0v) is 10.9. The van der Waals surface area contributed by atoms with Gasteiger partial charge in [-0.3, -0.25) is 0 Å². The SMILES string of the molecule is CCOCC(C)NCc1ccccc1Br. The van der Waals surface area contributed by atoms with Crippen LogP contribution in [0, 0.1) is 0 Å². The zero-order valence-electron chi connectivity index (χ0n) is 9.29. The average Bonchev–Trinajstić information content (AvgIpc) is 2.25. The van der Waals surface area contributed by atoms with Crippen molar-refractivity contribution in [2.45, 2.75) is 26.4 Å². The van der Waals surface area contributed by atoms with Crippen LogP contribution >= 0.6 is 15.9 Å². The number of ether oxygens (including phenoxy) is 1. The molecule has 0 aliphatic rings. The van der Waals surface area contributed by atoms with Crippen molar-refractivity contribution in [3.63, 3.8) is 0 Å². The second kappa shape index (κ2) is 6.99. The largest absolute Gasteiger partial charge is 0.380 e. The Bertz CT molecular complexity index is 291. The molecule has 0 aliphatic heterocycles. The lowest BCUT2D eigenvalue weighted by Crippen LogP contribution is -2.30. The van der Waals surface area contributed by atoms with Crippen LogP contribution in [0.3, 0.4) is 0 Å². The molecule has 84 valence electrons.